The van der Waals surface area contributed by atoms with Gasteiger partial charge in [-0.25, -0.2) is 19.9 Å². The lowest BCUT2D eigenvalue weighted by Crippen LogP contribution is -2.08. The third-order valence-corrected chi connectivity index (χ3v) is 15.9. The number of aromatic nitrogens is 6. The predicted molar refractivity (Wildman–Crippen MR) is 339 cm³/mol. The van der Waals surface area contributed by atoms with Crippen molar-refractivity contribution in [3.05, 3.63) is 290 Å². The van der Waals surface area contributed by atoms with E-state index in [2.05, 4.69) is 284 Å². The topological polar surface area (TPSA) is 61.4 Å². The molecule has 0 amide bonds. The van der Waals surface area contributed by atoms with Crippen molar-refractivity contribution in [2.24, 2.45) is 0 Å². The molecule has 4 heterocycles. The molecule has 0 saturated carbocycles. The Morgan fingerprint density at radius 3 is 1.06 bits per heavy atom. The first-order valence-electron chi connectivity index (χ1n) is 27.9. The third kappa shape index (κ3) is 8.53. The highest BCUT2D eigenvalue weighted by Crippen LogP contribution is 2.48. The van der Waals surface area contributed by atoms with Gasteiger partial charge in [-0.15, -0.1) is 0 Å². The Balaban J connectivity index is 1.15. The van der Waals surface area contributed by atoms with Crippen LogP contribution in [-0.2, 0) is 0 Å². The number of rotatable bonds is 10. The van der Waals surface area contributed by atoms with Crippen LogP contribution in [0.3, 0.4) is 0 Å². The van der Waals surface area contributed by atoms with Gasteiger partial charge in [0.05, 0.1) is 56.2 Å². The van der Waals surface area contributed by atoms with Crippen molar-refractivity contribution in [1.29, 1.82) is 0 Å². The van der Waals surface area contributed by atoms with Gasteiger partial charge >= 0.3 is 0 Å². The second-order valence-electron chi connectivity index (χ2n) is 21.2. The fourth-order valence-electron chi connectivity index (χ4n) is 12.0. The standard InChI is InChI=1S/C76H52N6/c1-49-33-38-70-60(43-49)61-44-50(2)34-39-71(61)82(70)74-59(66-47-64(53-25-13-5-14-26-53)77-75(79-66)55-29-17-7-18-30-55)37-42-72(73(74)67-48-65(54-27-15-6-16-28-54)78-76(80-67)56-31-19-8-20-32-56)81-68-40-35-57(51-21-9-3-10-22-51)45-62(68)63-46-58(36-41-69(63)81)52-23-11-4-12-24-52/h3-48H,1-2H3. The zero-order valence-electron chi connectivity index (χ0n) is 45.2. The van der Waals surface area contributed by atoms with Crippen LogP contribution in [0.2, 0.25) is 0 Å². The minimum Gasteiger partial charge on any atom is -0.308 e. The number of fused-ring (bicyclic) bond motifs is 6. The van der Waals surface area contributed by atoms with E-state index in [9.17, 15) is 0 Å². The fraction of sp³-hybridized carbons (Fsp3) is 0.0263. The molecule has 15 aromatic rings. The molecule has 6 nitrogen and oxygen atoms in total. The van der Waals surface area contributed by atoms with Crippen molar-refractivity contribution >= 4 is 43.6 Å². The molecule has 4 aromatic heterocycles. The maximum Gasteiger partial charge on any atom is 0.160 e. The Kier molecular flexibility index (Phi) is 11.9. The van der Waals surface area contributed by atoms with Gasteiger partial charge in [0.15, 0.2) is 11.6 Å². The largest absolute Gasteiger partial charge is 0.308 e. The zero-order valence-corrected chi connectivity index (χ0v) is 45.2. The second kappa shape index (κ2) is 20.1. The van der Waals surface area contributed by atoms with Crippen LogP contribution in [-0.4, -0.2) is 29.1 Å². The summed E-state index contributed by atoms with van der Waals surface area (Å²) >= 11 is 0. The Labute approximate surface area is 475 Å². The van der Waals surface area contributed by atoms with Gasteiger partial charge in [0, 0.05) is 54.9 Å². The Bertz CT molecular complexity index is 4630. The molecule has 0 N–H and O–H groups in total. The summed E-state index contributed by atoms with van der Waals surface area (Å²) in [6.07, 6.45) is 0. The van der Waals surface area contributed by atoms with E-state index in [1.54, 1.807) is 0 Å². The lowest BCUT2D eigenvalue weighted by atomic mass is 9.96. The van der Waals surface area contributed by atoms with Crippen molar-refractivity contribution in [3.8, 4) is 101 Å². The number of hydrogen-bond donors (Lipinski definition) is 0. The molecule has 0 aliphatic heterocycles. The molecule has 0 aliphatic carbocycles. The first-order chi connectivity index (χ1) is 40.5. The Morgan fingerprint density at radius 1 is 0.256 bits per heavy atom. The van der Waals surface area contributed by atoms with Gasteiger partial charge in [0.2, 0.25) is 0 Å². The number of benzene rings is 11. The van der Waals surface area contributed by atoms with Gasteiger partial charge < -0.3 is 9.13 Å². The molecule has 0 unspecified atom stereocenters. The molecule has 0 aliphatic rings. The molecular formula is C76H52N6. The van der Waals surface area contributed by atoms with E-state index >= 15 is 0 Å². The molecule has 0 spiro atoms. The first-order valence-corrected chi connectivity index (χ1v) is 27.9. The van der Waals surface area contributed by atoms with Crippen molar-refractivity contribution < 1.29 is 0 Å². The number of hydrogen-bond acceptors (Lipinski definition) is 4. The van der Waals surface area contributed by atoms with Crippen LogP contribution in [0.4, 0.5) is 0 Å². The van der Waals surface area contributed by atoms with Crippen LogP contribution in [0.25, 0.3) is 145 Å². The van der Waals surface area contributed by atoms with Gasteiger partial charge in [0.1, 0.15) is 0 Å². The summed E-state index contributed by atoms with van der Waals surface area (Å²) in [5, 5.41) is 4.61. The Morgan fingerprint density at radius 2 is 0.610 bits per heavy atom. The maximum absolute atomic E-state index is 5.79. The number of aryl methyl sites for hydroxylation is 2. The smallest absolute Gasteiger partial charge is 0.160 e. The normalized spacial score (nSPS) is 11.5. The lowest BCUT2D eigenvalue weighted by Gasteiger charge is -2.24. The summed E-state index contributed by atoms with van der Waals surface area (Å²) in [6.45, 7) is 4.36. The molecule has 386 valence electrons. The SMILES string of the molecule is Cc1ccc2c(c1)c1cc(C)ccc1n2-c1c(-c2cc(-c3ccccc3)nc(-c3ccccc3)n2)ccc(-n2c3ccc(-c4ccccc4)cc3c3cc(-c4ccccc4)ccc32)c1-c1cc(-c2ccccc2)nc(-c2ccccc2)n1. The van der Waals surface area contributed by atoms with Crippen LogP contribution in [0, 0.1) is 13.8 Å². The number of nitrogens with zero attached hydrogens (tertiary/aromatic N) is 6. The molecule has 0 fully saturated rings. The van der Waals surface area contributed by atoms with E-state index in [1.165, 1.54) is 11.1 Å². The molecular weight excluding hydrogens is 997 g/mol. The summed E-state index contributed by atoms with van der Waals surface area (Å²) in [5.74, 6) is 1.25. The van der Waals surface area contributed by atoms with E-state index in [-0.39, 0.29) is 0 Å². The predicted octanol–water partition coefficient (Wildman–Crippen LogP) is 19.4. The van der Waals surface area contributed by atoms with Crippen LogP contribution in [0.15, 0.2) is 279 Å². The molecule has 0 atom stereocenters. The van der Waals surface area contributed by atoms with Crippen molar-refractivity contribution in [1.82, 2.24) is 29.1 Å². The summed E-state index contributed by atoms with van der Waals surface area (Å²) in [6, 6.07) is 99.4. The molecule has 0 radical (unpaired) electrons. The minimum absolute atomic E-state index is 0.620. The highest BCUT2D eigenvalue weighted by Gasteiger charge is 2.29. The quantitative estimate of drug-likeness (QED) is 0.137. The van der Waals surface area contributed by atoms with Crippen LogP contribution >= 0.6 is 0 Å². The van der Waals surface area contributed by atoms with Crippen LogP contribution < -0.4 is 0 Å². The van der Waals surface area contributed by atoms with Crippen LogP contribution in [0.5, 0.6) is 0 Å². The summed E-state index contributed by atoms with van der Waals surface area (Å²) < 4.78 is 4.95. The molecule has 15 rings (SSSR count). The molecule has 6 heteroatoms. The second-order valence-corrected chi connectivity index (χ2v) is 21.2. The first kappa shape index (κ1) is 48.3. The van der Waals surface area contributed by atoms with E-state index in [0.29, 0.717) is 11.6 Å². The summed E-state index contributed by atoms with van der Waals surface area (Å²) in [7, 11) is 0. The summed E-state index contributed by atoms with van der Waals surface area (Å²) in [4.78, 5) is 22.1. The van der Waals surface area contributed by atoms with E-state index < -0.39 is 0 Å². The molecule has 11 aromatic carbocycles. The third-order valence-electron chi connectivity index (χ3n) is 15.9. The van der Waals surface area contributed by atoms with Crippen molar-refractivity contribution in [2.75, 3.05) is 0 Å². The molecule has 82 heavy (non-hydrogen) atoms. The van der Waals surface area contributed by atoms with Gasteiger partial charge in [0.25, 0.3) is 0 Å². The highest BCUT2D eigenvalue weighted by atomic mass is 15.0. The van der Waals surface area contributed by atoms with Gasteiger partial charge in [-0.3, -0.25) is 0 Å². The lowest BCUT2D eigenvalue weighted by molar-refractivity contribution is 1.11. The highest BCUT2D eigenvalue weighted by molar-refractivity contribution is 6.14. The molecule has 0 bridgehead atoms. The Hall–Kier alpha value is -10.8. The molecule has 0 saturated heterocycles. The van der Waals surface area contributed by atoms with Crippen LogP contribution in [0.1, 0.15) is 11.1 Å². The van der Waals surface area contributed by atoms with E-state index in [4.69, 9.17) is 19.9 Å². The van der Waals surface area contributed by atoms with E-state index in [0.717, 1.165) is 133 Å². The zero-order chi connectivity index (χ0) is 54.7. The van der Waals surface area contributed by atoms with Crippen molar-refractivity contribution in [3.63, 3.8) is 0 Å². The fourth-order valence-corrected chi connectivity index (χ4v) is 12.0. The van der Waals surface area contributed by atoms with Gasteiger partial charge in [-0.2, -0.15) is 0 Å². The van der Waals surface area contributed by atoms with Gasteiger partial charge in [-0.1, -0.05) is 217 Å². The van der Waals surface area contributed by atoms with Gasteiger partial charge in [-0.05, 0) is 109 Å². The monoisotopic (exact) mass is 1050 g/mol. The van der Waals surface area contributed by atoms with Crippen molar-refractivity contribution in [2.45, 2.75) is 13.8 Å². The minimum atomic E-state index is 0.620. The summed E-state index contributed by atoms with van der Waals surface area (Å²) in [5.41, 5.74) is 21.9. The average molecular weight is 1050 g/mol. The van der Waals surface area contributed by atoms with E-state index in [1.807, 2.05) is 18.2 Å². The average Bonchev–Trinajstić information content (AvgIpc) is 2.75. The maximum atomic E-state index is 5.79.